The number of amides is 1. The van der Waals surface area contributed by atoms with Crippen LogP contribution in [0.1, 0.15) is 19.3 Å². The van der Waals surface area contributed by atoms with E-state index in [1.165, 1.54) is 30.2 Å². The lowest BCUT2D eigenvalue weighted by molar-refractivity contribution is 0.101. The van der Waals surface area contributed by atoms with Gasteiger partial charge in [-0.1, -0.05) is 12.5 Å². The van der Waals surface area contributed by atoms with Gasteiger partial charge in [0.1, 0.15) is 11.9 Å². The summed E-state index contributed by atoms with van der Waals surface area (Å²) in [6, 6.07) is 10.3. The Labute approximate surface area is 179 Å². The number of pyridine rings is 1. The highest BCUT2D eigenvalue weighted by molar-refractivity contribution is 5.90. The molecule has 0 radical (unpaired) electrons. The molecule has 31 heavy (non-hydrogen) atoms. The highest BCUT2D eigenvalue weighted by Crippen LogP contribution is 2.33. The van der Waals surface area contributed by atoms with Crippen LogP contribution in [0.4, 0.5) is 14.9 Å². The number of nitrogens with one attached hydrogen (secondary N) is 1. The highest BCUT2D eigenvalue weighted by atomic mass is 19.1. The zero-order valence-electron chi connectivity index (χ0n) is 17.1. The maximum Gasteiger partial charge on any atom is 0.414 e. The normalized spacial score (nSPS) is 19.6. The highest BCUT2D eigenvalue weighted by Gasteiger charge is 2.34. The van der Waals surface area contributed by atoms with Crippen molar-refractivity contribution in [3.05, 3.63) is 54.6 Å². The van der Waals surface area contributed by atoms with E-state index in [0.29, 0.717) is 29.2 Å². The maximum absolute atomic E-state index is 15.1. The van der Waals surface area contributed by atoms with E-state index < -0.39 is 11.9 Å². The van der Waals surface area contributed by atoms with Crippen molar-refractivity contribution < 1.29 is 13.9 Å². The van der Waals surface area contributed by atoms with Crippen molar-refractivity contribution in [3.8, 4) is 22.5 Å². The molecule has 1 aromatic carbocycles. The smallest absolute Gasteiger partial charge is 0.414 e. The molecule has 0 spiro atoms. The second-order valence-corrected chi connectivity index (χ2v) is 8.02. The van der Waals surface area contributed by atoms with Crippen molar-refractivity contribution in [2.24, 2.45) is 0 Å². The zero-order valence-corrected chi connectivity index (χ0v) is 17.1. The molecule has 4 heterocycles. The molecule has 1 N–H and O–H groups in total. The fourth-order valence-electron chi connectivity index (χ4n) is 4.34. The van der Waals surface area contributed by atoms with Gasteiger partial charge < -0.3 is 4.74 Å². The molecule has 1 atom stereocenters. The number of benzene rings is 1. The SMILES string of the molecule is O=C1OC(CN2CCCCC2)CN1c1ccc(-c2[nH]ncc2-c2ccccn2)c(F)c1. The number of halogens is 1. The molecule has 2 aliphatic rings. The van der Waals surface area contributed by atoms with Crippen LogP contribution < -0.4 is 4.90 Å². The van der Waals surface area contributed by atoms with Crippen LogP contribution in [-0.2, 0) is 4.74 Å². The number of ether oxygens (including phenoxy) is 1. The van der Waals surface area contributed by atoms with E-state index in [2.05, 4.69) is 20.1 Å². The molecular weight excluding hydrogens is 397 g/mol. The number of rotatable bonds is 5. The fourth-order valence-corrected chi connectivity index (χ4v) is 4.34. The van der Waals surface area contributed by atoms with Gasteiger partial charge in [0, 0.05) is 23.9 Å². The van der Waals surface area contributed by atoms with E-state index in [0.717, 1.165) is 25.2 Å². The van der Waals surface area contributed by atoms with Crippen LogP contribution in [0, 0.1) is 5.82 Å². The Morgan fingerprint density at radius 3 is 2.77 bits per heavy atom. The number of hydrogen-bond acceptors (Lipinski definition) is 5. The molecule has 1 amide bonds. The fraction of sp³-hybridized carbons (Fsp3) is 0.348. The molecule has 160 valence electrons. The number of cyclic esters (lactones) is 1. The molecular formula is C23H24FN5O2. The predicted octanol–water partition coefficient (Wildman–Crippen LogP) is 4.09. The third kappa shape index (κ3) is 4.03. The average Bonchev–Trinajstić information content (AvgIpc) is 3.42. The van der Waals surface area contributed by atoms with Gasteiger partial charge >= 0.3 is 6.09 Å². The Kier molecular flexibility index (Phi) is 5.38. The number of aromatic amines is 1. The standard InChI is InChI=1S/C23H24FN5O2/c24-20-12-16(29-15-17(31-23(29)30)14-28-10-4-1-5-11-28)7-8-18(20)22-19(13-26-27-22)21-6-2-3-9-25-21/h2-3,6-9,12-13,17H,1,4-5,10-11,14-15H2,(H,26,27). The van der Waals surface area contributed by atoms with Gasteiger partial charge in [-0.15, -0.1) is 0 Å². The van der Waals surface area contributed by atoms with Gasteiger partial charge in [0.05, 0.1) is 29.8 Å². The van der Waals surface area contributed by atoms with Crippen LogP contribution in [0.5, 0.6) is 0 Å². The summed E-state index contributed by atoms with van der Waals surface area (Å²) in [6.07, 6.45) is 6.33. The number of anilines is 1. The minimum absolute atomic E-state index is 0.197. The molecule has 7 nitrogen and oxygen atoms in total. The quantitative estimate of drug-likeness (QED) is 0.672. The molecule has 2 fully saturated rings. The van der Waals surface area contributed by atoms with Crippen molar-refractivity contribution in [2.45, 2.75) is 25.4 Å². The van der Waals surface area contributed by atoms with E-state index in [4.69, 9.17) is 4.74 Å². The first-order chi connectivity index (χ1) is 15.2. The van der Waals surface area contributed by atoms with Gasteiger partial charge in [0.2, 0.25) is 0 Å². The van der Waals surface area contributed by atoms with E-state index in [1.807, 2.05) is 18.2 Å². The maximum atomic E-state index is 15.1. The number of piperidine rings is 1. The molecule has 0 bridgehead atoms. The summed E-state index contributed by atoms with van der Waals surface area (Å²) < 4.78 is 20.7. The molecule has 5 rings (SSSR count). The van der Waals surface area contributed by atoms with Crippen LogP contribution in [0.15, 0.2) is 48.8 Å². The van der Waals surface area contributed by atoms with E-state index in [1.54, 1.807) is 24.5 Å². The number of likely N-dealkylation sites (tertiary alicyclic amines) is 1. The predicted molar refractivity (Wildman–Crippen MR) is 115 cm³/mol. The molecule has 0 saturated carbocycles. The van der Waals surface area contributed by atoms with Crippen LogP contribution in [0.3, 0.4) is 0 Å². The van der Waals surface area contributed by atoms with Crippen molar-refractivity contribution in [1.82, 2.24) is 20.1 Å². The summed E-state index contributed by atoms with van der Waals surface area (Å²) in [4.78, 5) is 20.6. The lowest BCUT2D eigenvalue weighted by Crippen LogP contribution is -2.38. The molecule has 1 unspecified atom stereocenters. The molecule has 2 aliphatic heterocycles. The summed E-state index contributed by atoms with van der Waals surface area (Å²) in [6.45, 7) is 3.24. The van der Waals surface area contributed by atoms with Crippen molar-refractivity contribution in [2.75, 3.05) is 31.1 Å². The number of H-pyrrole nitrogens is 1. The van der Waals surface area contributed by atoms with Crippen LogP contribution in [0.25, 0.3) is 22.5 Å². The summed E-state index contributed by atoms with van der Waals surface area (Å²) in [5, 5.41) is 6.94. The van der Waals surface area contributed by atoms with Crippen molar-refractivity contribution in [3.63, 3.8) is 0 Å². The third-order valence-corrected chi connectivity index (χ3v) is 5.90. The molecule has 2 saturated heterocycles. The first-order valence-electron chi connectivity index (χ1n) is 10.6. The summed E-state index contributed by atoms with van der Waals surface area (Å²) in [5.74, 6) is -0.439. The second kappa shape index (κ2) is 8.47. The number of nitrogens with zero attached hydrogens (tertiary/aromatic N) is 4. The summed E-state index contributed by atoms with van der Waals surface area (Å²) >= 11 is 0. The largest absolute Gasteiger partial charge is 0.443 e. The number of carbonyl (C=O) groups is 1. The molecule has 2 aromatic heterocycles. The average molecular weight is 421 g/mol. The van der Waals surface area contributed by atoms with Crippen molar-refractivity contribution >= 4 is 11.8 Å². The second-order valence-electron chi connectivity index (χ2n) is 8.02. The number of hydrogen-bond donors (Lipinski definition) is 1. The topological polar surface area (TPSA) is 74.3 Å². The Morgan fingerprint density at radius 2 is 2.00 bits per heavy atom. The third-order valence-electron chi connectivity index (χ3n) is 5.90. The Morgan fingerprint density at radius 1 is 1.13 bits per heavy atom. The van der Waals surface area contributed by atoms with E-state index >= 15 is 4.39 Å². The number of aromatic nitrogens is 3. The van der Waals surface area contributed by atoms with Crippen LogP contribution in [0.2, 0.25) is 0 Å². The van der Waals surface area contributed by atoms with Crippen LogP contribution >= 0.6 is 0 Å². The monoisotopic (exact) mass is 421 g/mol. The van der Waals surface area contributed by atoms with E-state index in [9.17, 15) is 4.79 Å². The first-order valence-corrected chi connectivity index (χ1v) is 10.6. The molecule has 8 heteroatoms. The Balaban J connectivity index is 1.35. The van der Waals surface area contributed by atoms with Gasteiger partial charge in [-0.3, -0.25) is 19.9 Å². The molecule has 0 aliphatic carbocycles. The lowest BCUT2D eigenvalue weighted by Gasteiger charge is -2.27. The van der Waals surface area contributed by atoms with Gasteiger partial charge in [-0.05, 0) is 56.3 Å². The minimum Gasteiger partial charge on any atom is -0.443 e. The van der Waals surface area contributed by atoms with Gasteiger partial charge in [-0.25, -0.2) is 9.18 Å². The Hall–Kier alpha value is -3.26. The minimum atomic E-state index is -0.439. The van der Waals surface area contributed by atoms with Gasteiger partial charge in [0.15, 0.2) is 0 Å². The van der Waals surface area contributed by atoms with Gasteiger partial charge in [-0.2, -0.15) is 5.10 Å². The van der Waals surface area contributed by atoms with E-state index in [-0.39, 0.29) is 6.10 Å². The molecule has 3 aromatic rings. The van der Waals surface area contributed by atoms with Gasteiger partial charge in [0.25, 0.3) is 0 Å². The van der Waals surface area contributed by atoms with Crippen LogP contribution in [-0.4, -0.2) is 58.5 Å². The first kappa shape index (κ1) is 19.7. The zero-order chi connectivity index (χ0) is 21.2. The number of carbonyl (C=O) groups excluding carboxylic acids is 1. The van der Waals surface area contributed by atoms with Crippen molar-refractivity contribution in [1.29, 1.82) is 0 Å². The Bertz CT molecular complexity index is 1060. The summed E-state index contributed by atoms with van der Waals surface area (Å²) in [5.41, 5.74) is 2.84. The summed E-state index contributed by atoms with van der Waals surface area (Å²) in [7, 11) is 0. The lowest BCUT2D eigenvalue weighted by atomic mass is 10.0.